The molecule has 182 valence electrons. The second-order valence-electron chi connectivity index (χ2n) is 9.48. The number of halogens is 3. The SMILES string of the molecule is O=C(O)C1(O)CC(c2c(C3CCOCC3)n(-c3ccc(F)c(F)c3)c3cc4cn[nH]c4c(F)c23)C1. The average molecular weight is 485 g/mol. The number of fused-ring (bicyclic) bond motifs is 2. The molecule has 2 aromatic heterocycles. The van der Waals surface area contributed by atoms with E-state index in [0.717, 1.165) is 12.1 Å². The van der Waals surface area contributed by atoms with Crippen LogP contribution in [0.1, 0.15) is 48.8 Å². The third-order valence-corrected chi connectivity index (χ3v) is 7.43. The molecular formula is C25H22F3N3O4. The van der Waals surface area contributed by atoms with Crippen LogP contribution in [0.25, 0.3) is 27.5 Å². The minimum absolute atomic E-state index is 0.0735. The van der Waals surface area contributed by atoms with E-state index < -0.39 is 34.9 Å². The van der Waals surface area contributed by atoms with Gasteiger partial charge < -0.3 is 19.5 Å². The van der Waals surface area contributed by atoms with Gasteiger partial charge in [-0.05, 0) is 55.4 Å². The monoisotopic (exact) mass is 485 g/mol. The fraction of sp³-hybridized carbons (Fsp3) is 0.360. The van der Waals surface area contributed by atoms with Crippen molar-refractivity contribution in [3.8, 4) is 5.69 Å². The largest absolute Gasteiger partial charge is 0.479 e. The van der Waals surface area contributed by atoms with E-state index in [1.54, 1.807) is 10.6 Å². The molecule has 0 radical (unpaired) electrons. The molecule has 0 spiro atoms. The van der Waals surface area contributed by atoms with Crippen LogP contribution in [-0.2, 0) is 9.53 Å². The van der Waals surface area contributed by atoms with Crippen molar-refractivity contribution in [2.45, 2.75) is 43.1 Å². The maximum Gasteiger partial charge on any atom is 0.335 e. The molecule has 1 aliphatic carbocycles. The van der Waals surface area contributed by atoms with Crippen LogP contribution in [0.2, 0.25) is 0 Å². The second kappa shape index (κ2) is 7.82. The second-order valence-corrected chi connectivity index (χ2v) is 9.48. The highest BCUT2D eigenvalue weighted by molar-refractivity contribution is 6.00. The number of benzene rings is 2. The number of aliphatic carboxylic acids is 1. The number of nitrogens with one attached hydrogen (secondary N) is 1. The molecular weight excluding hydrogens is 463 g/mol. The van der Waals surface area contributed by atoms with Gasteiger partial charge in [0.05, 0.1) is 11.7 Å². The van der Waals surface area contributed by atoms with Gasteiger partial charge >= 0.3 is 5.97 Å². The van der Waals surface area contributed by atoms with Crippen LogP contribution in [0.15, 0.2) is 30.5 Å². The van der Waals surface area contributed by atoms with Gasteiger partial charge in [-0.3, -0.25) is 5.10 Å². The van der Waals surface area contributed by atoms with Gasteiger partial charge in [0.2, 0.25) is 0 Å². The summed E-state index contributed by atoms with van der Waals surface area (Å²) >= 11 is 0. The van der Waals surface area contributed by atoms with Gasteiger partial charge in [0.1, 0.15) is 5.52 Å². The predicted molar refractivity (Wildman–Crippen MR) is 120 cm³/mol. The zero-order chi connectivity index (χ0) is 24.5. The quantitative estimate of drug-likeness (QED) is 0.395. The van der Waals surface area contributed by atoms with Gasteiger partial charge in [0.25, 0.3) is 0 Å². The third kappa shape index (κ3) is 3.27. The Hall–Kier alpha value is -3.37. The highest BCUT2D eigenvalue weighted by Gasteiger charge is 2.51. The average Bonchev–Trinajstić information content (AvgIpc) is 3.42. The Kier molecular flexibility index (Phi) is 4.94. The van der Waals surface area contributed by atoms with Gasteiger partial charge in [-0.25, -0.2) is 18.0 Å². The van der Waals surface area contributed by atoms with Crippen molar-refractivity contribution in [1.29, 1.82) is 0 Å². The Morgan fingerprint density at radius 2 is 1.86 bits per heavy atom. The van der Waals surface area contributed by atoms with Crippen LogP contribution >= 0.6 is 0 Å². The number of aliphatic hydroxyl groups is 1. The fourth-order valence-corrected chi connectivity index (χ4v) is 5.67. The molecule has 0 bridgehead atoms. The number of carboxylic acid groups (broad SMARTS) is 1. The molecule has 35 heavy (non-hydrogen) atoms. The van der Waals surface area contributed by atoms with Gasteiger partial charge in [0, 0.05) is 47.4 Å². The Labute approximate surface area is 197 Å². The topological polar surface area (TPSA) is 100 Å². The van der Waals surface area contributed by atoms with Crippen LogP contribution < -0.4 is 0 Å². The van der Waals surface area contributed by atoms with Gasteiger partial charge in [0.15, 0.2) is 23.1 Å². The highest BCUT2D eigenvalue weighted by atomic mass is 19.2. The van der Waals surface area contributed by atoms with Crippen molar-refractivity contribution in [1.82, 2.24) is 14.8 Å². The van der Waals surface area contributed by atoms with Gasteiger partial charge in [-0.2, -0.15) is 5.10 Å². The van der Waals surface area contributed by atoms with Crippen LogP contribution in [0.4, 0.5) is 13.2 Å². The maximum absolute atomic E-state index is 16.0. The first-order valence-electron chi connectivity index (χ1n) is 11.5. The summed E-state index contributed by atoms with van der Waals surface area (Å²) in [6.45, 7) is 0.973. The molecule has 1 saturated carbocycles. The summed E-state index contributed by atoms with van der Waals surface area (Å²) in [5, 5.41) is 27.3. The molecule has 2 aromatic carbocycles. The summed E-state index contributed by atoms with van der Waals surface area (Å²) in [7, 11) is 0. The molecule has 2 aliphatic rings. The Morgan fingerprint density at radius 1 is 1.11 bits per heavy atom. The zero-order valence-electron chi connectivity index (χ0n) is 18.5. The van der Waals surface area contributed by atoms with Crippen LogP contribution in [0.3, 0.4) is 0 Å². The molecule has 6 rings (SSSR count). The Balaban J connectivity index is 1.69. The molecule has 2 fully saturated rings. The third-order valence-electron chi connectivity index (χ3n) is 7.43. The van der Waals surface area contributed by atoms with E-state index in [1.165, 1.54) is 12.3 Å². The molecule has 7 nitrogen and oxygen atoms in total. The van der Waals surface area contributed by atoms with Crippen molar-refractivity contribution < 1.29 is 32.9 Å². The van der Waals surface area contributed by atoms with Crippen molar-refractivity contribution >= 4 is 27.8 Å². The number of ether oxygens (including phenoxy) is 1. The highest BCUT2D eigenvalue weighted by Crippen LogP contribution is 2.52. The number of H-pyrrole nitrogens is 1. The molecule has 1 aliphatic heterocycles. The van der Waals surface area contributed by atoms with Crippen molar-refractivity contribution in [3.63, 3.8) is 0 Å². The first kappa shape index (κ1) is 22.1. The molecule has 0 unspecified atom stereocenters. The van der Waals surface area contributed by atoms with E-state index in [4.69, 9.17) is 4.74 Å². The smallest absolute Gasteiger partial charge is 0.335 e. The minimum Gasteiger partial charge on any atom is -0.479 e. The van der Waals surface area contributed by atoms with Gasteiger partial charge in [-0.15, -0.1) is 0 Å². The van der Waals surface area contributed by atoms with Crippen molar-refractivity contribution in [2.75, 3.05) is 13.2 Å². The minimum atomic E-state index is -1.89. The maximum atomic E-state index is 16.0. The summed E-state index contributed by atoms with van der Waals surface area (Å²) in [6.07, 6.45) is 2.60. The predicted octanol–water partition coefficient (Wildman–Crippen LogP) is 4.51. The van der Waals surface area contributed by atoms with Crippen LogP contribution in [0, 0.1) is 17.5 Å². The van der Waals surface area contributed by atoms with Gasteiger partial charge in [-0.1, -0.05) is 0 Å². The molecule has 3 heterocycles. The lowest BCUT2D eigenvalue weighted by atomic mass is 9.66. The molecule has 10 heteroatoms. The van der Waals surface area contributed by atoms with E-state index in [9.17, 15) is 23.8 Å². The number of carbonyl (C=O) groups is 1. The van der Waals surface area contributed by atoms with Crippen LogP contribution in [-0.4, -0.2) is 49.8 Å². The van der Waals surface area contributed by atoms with E-state index in [-0.39, 0.29) is 29.7 Å². The summed E-state index contributed by atoms with van der Waals surface area (Å²) < 4.78 is 51.5. The lowest BCUT2D eigenvalue weighted by Crippen LogP contribution is -2.49. The number of hydrogen-bond donors (Lipinski definition) is 3. The first-order chi connectivity index (χ1) is 16.8. The van der Waals surface area contributed by atoms with Crippen molar-refractivity contribution in [3.05, 3.63) is 59.2 Å². The number of rotatable bonds is 4. The lowest BCUT2D eigenvalue weighted by molar-refractivity contribution is -0.169. The molecule has 3 N–H and O–H groups in total. The molecule has 0 atom stereocenters. The fourth-order valence-electron chi connectivity index (χ4n) is 5.67. The van der Waals surface area contributed by atoms with Crippen LogP contribution in [0.5, 0.6) is 0 Å². The number of hydrogen-bond acceptors (Lipinski definition) is 4. The summed E-state index contributed by atoms with van der Waals surface area (Å²) in [6, 6.07) is 5.29. The Morgan fingerprint density at radius 3 is 2.54 bits per heavy atom. The zero-order valence-corrected chi connectivity index (χ0v) is 18.5. The lowest BCUT2D eigenvalue weighted by Gasteiger charge is -2.41. The summed E-state index contributed by atoms with van der Waals surface area (Å²) in [4.78, 5) is 11.6. The van der Waals surface area contributed by atoms with Crippen molar-refractivity contribution in [2.24, 2.45) is 0 Å². The summed E-state index contributed by atoms with van der Waals surface area (Å²) in [5.74, 6) is -4.41. The molecule has 0 amide bonds. The van der Waals surface area contributed by atoms with E-state index >= 15 is 4.39 Å². The number of aromatic nitrogens is 3. The Bertz CT molecular complexity index is 1480. The standard InChI is InChI=1S/C25H22F3N3O4/c26-16-2-1-15(8-17(16)27)31-18-7-13-11-29-30-22(13)21(28)20(18)19(14-9-25(34,10-14)24(32)33)23(31)12-3-5-35-6-4-12/h1-2,7-8,11-12,14,34H,3-6,9-10H2,(H,29,30)(H,32,33). The normalized spacial score (nSPS) is 23.1. The van der Waals surface area contributed by atoms with E-state index in [2.05, 4.69) is 10.2 Å². The number of carboxylic acids is 1. The number of aromatic amines is 1. The van der Waals surface area contributed by atoms with E-state index in [0.29, 0.717) is 53.9 Å². The number of nitrogens with zero attached hydrogens (tertiary/aromatic N) is 2. The first-order valence-corrected chi connectivity index (χ1v) is 11.5. The molecule has 1 saturated heterocycles. The van der Waals surface area contributed by atoms with E-state index in [1.807, 2.05) is 0 Å². The summed E-state index contributed by atoms with van der Waals surface area (Å²) in [5.41, 5.74) is 0.402. The molecule has 4 aromatic rings.